The van der Waals surface area contributed by atoms with Gasteiger partial charge in [-0.05, 0) is 140 Å². The number of aryl methyl sites for hydroxylation is 2. The SMILES string of the molecule is Cc1cc(-c2ccc(C(F)(F)F)cc2)cc(-c2cccc(-c3cccc(S(=O)(=O)N4CCC4)c3)n2)n1.Cc1cc(-c2ccc(C(F)(F)F)cc2)cc(-c2cccc(-c3cccc(S(=O)(=O)N4CCOCC4)c3)n2)n1. The van der Waals surface area contributed by atoms with Crippen LogP contribution in [0.25, 0.3) is 67.5 Å². The lowest BCUT2D eigenvalue weighted by molar-refractivity contribution is -0.138. The van der Waals surface area contributed by atoms with Gasteiger partial charge in [0.05, 0.1) is 68.3 Å². The first-order chi connectivity index (χ1) is 35.2. The molecule has 2 saturated heterocycles. The highest BCUT2D eigenvalue weighted by atomic mass is 32.2. The Balaban J connectivity index is 0.000000182. The van der Waals surface area contributed by atoms with Crippen LogP contribution < -0.4 is 0 Å². The Bertz CT molecular complexity index is 3570. The van der Waals surface area contributed by atoms with Crippen LogP contribution >= 0.6 is 0 Å². The number of hydrogen-bond donors (Lipinski definition) is 0. The first-order valence-electron chi connectivity index (χ1n) is 23.3. The summed E-state index contributed by atoms with van der Waals surface area (Å²) in [6, 6.07) is 41.3. The van der Waals surface area contributed by atoms with Crippen molar-refractivity contribution >= 4 is 20.0 Å². The van der Waals surface area contributed by atoms with Gasteiger partial charge in [-0.1, -0.05) is 60.7 Å². The fraction of sp³-hybridized carbons (Fsp3) is 0.200. The minimum atomic E-state index is -4.40. The summed E-state index contributed by atoms with van der Waals surface area (Å²) < 4.78 is 138. The Morgan fingerprint density at radius 2 is 0.784 bits per heavy atom. The van der Waals surface area contributed by atoms with Crippen LogP contribution in [0.4, 0.5) is 26.3 Å². The van der Waals surface area contributed by atoms with Gasteiger partial charge >= 0.3 is 12.4 Å². The van der Waals surface area contributed by atoms with Crippen molar-refractivity contribution in [1.82, 2.24) is 28.5 Å². The van der Waals surface area contributed by atoms with Crippen molar-refractivity contribution in [2.75, 3.05) is 39.4 Å². The van der Waals surface area contributed by atoms with Crippen molar-refractivity contribution in [1.29, 1.82) is 0 Å². The molecule has 4 aromatic carbocycles. The van der Waals surface area contributed by atoms with Crippen molar-refractivity contribution in [3.63, 3.8) is 0 Å². The molecule has 2 aliphatic heterocycles. The lowest BCUT2D eigenvalue weighted by Gasteiger charge is -2.29. The first kappa shape index (κ1) is 51.7. The second-order valence-corrected chi connectivity index (χ2v) is 21.4. The number of nitrogens with zero attached hydrogens (tertiary/aromatic N) is 6. The molecule has 0 N–H and O–H groups in total. The van der Waals surface area contributed by atoms with Crippen molar-refractivity contribution in [2.45, 2.75) is 42.4 Å². The Hall–Kier alpha value is -7.16. The zero-order chi connectivity index (χ0) is 52.4. The number of alkyl halides is 6. The van der Waals surface area contributed by atoms with Crippen molar-refractivity contribution in [2.24, 2.45) is 0 Å². The van der Waals surface area contributed by atoms with E-state index >= 15 is 0 Å². The highest BCUT2D eigenvalue weighted by Gasteiger charge is 2.32. The monoisotopic (exact) mass is 1050 g/mol. The van der Waals surface area contributed by atoms with Crippen LogP contribution in [0.15, 0.2) is 168 Å². The van der Waals surface area contributed by atoms with Gasteiger partial charge in [0, 0.05) is 48.7 Å². The normalized spacial score (nSPS) is 14.7. The Morgan fingerprint density at radius 3 is 1.16 bits per heavy atom. The van der Waals surface area contributed by atoms with E-state index < -0.39 is 43.5 Å². The molecule has 0 atom stereocenters. The lowest BCUT2D eigenvalue weighted by atomic mass is 10.0. The largest absolute Gasteiger partial charge is 0.416 e. The number of rotatable bonds is 10. The summed E-state index contributed by atoms with van der Waals surface area (Å²) in [4.78, 5) is 19.0. The van der Waals surface area contributed by atoms with Crippen molar-refractivity contribution in [3.05, 3.63) is 180 Å². The van der Waals surface area contributed by atoms with Gasteiger partial charge in [-0.3, -0.25) is 9.97 Å². The molecule has 0 spiro atoms. The van der Waals surface area contributed by atoms with Gasteiger partial charge in [0.1, 0.15) is 0 Å². The predicted octanol–water partition coefficient (Wildman–Crippen LogP) is 12.0. The van der Waals surface area contributed by atoms with Crippen molar-refractivity contribution in [3.8, 4) is 67.5 Å². The van der Waals surface area contributed by atoms with E-state index in [-0.39, 0.29) is 9.79 Å². The zero-order valence-corrected chi connectivity index (χ0v) is 41.4. The molecule has 2 fully saturated rings. The molecule has 0 bridgehead atoms. The Morgan fingerprint density at radius 1 is 0.405 bits per heavy atom. The topological polar surface area (TPSA) is 136 Å². The number of halogens is 6. The standard InChI is InChI=1S/C28H24F3N3O3S.C27H22F3N3O2S/c1-19-16-22(20-8-10-23(11-9-20)28(29,30)31)18-27(32-19)26-7-3-6-25(33-26)21-4-2-5-24(17-21)38(35,36)34-12-14-37-15-13-34;1-18-15-21(19-9-11-22(12-10-19)27(28,29)30)17-26(31-18)25-8-3-7-24(32-25)20-5-2-6-23(16-20)36(34,35)33-13-4-14-33/h2-11,16-18H,12-15H2,1H3;2-3,5-12,15-17H,4,13-14H2,1H3. The fourth-order valence-electron chi connectivity index (χ4n) is 8.36. The molecule has 19 heteroatoms. The summed E-state index contributed by atoms with van der Waals surface area (Å²) in [6.07, 6.45) is -7.93. The molecule has 0 amide bonds. The van der Waals surface area contributed by atoms with Crippen LogP contribution in [-0.4, -0.2) is 84.8 Å². The zero-order valence-electron chi connectivity index (χ0n) is 39.8. The van der Waals surface area contributed by atoms with Crippen LogP contribution in [0, 0.1) is 13.8 Å². The smallest absolute Gasteiger partial charge is 0.379 e. The van der Waals surface area contributed by atoms with Crippen LogP contribution in [0.1, 0.15) is 28.9 Å². The van der Waals surface area contributed by atoms with Crippen LogP contribution in [0.2, 0.25) is 0 Å². The Labute approximate surface area is 424 Å². The lowest BCUT2D eigenvalue weighted by Crippen LogP contribution is -2.41. The maximum absolute atomic E-state index is 13.1. The molecule has 380 valence electrons. The van der Waals surface area contributed by atoms with E-state index in [2.05, 4.69) is 9.97 Å². The number of hydrogen-bond acceptors (Lipinski definition) is 9. The highest BCUT2D eigenvalue weighted by Crippen LogP contribution is 2.35. The van der Waals surface area contributed by atoms with Crippen molar-refractivity contribution < 1.29 is 47.9 Å². The third-order valence-electron chi connectivity index (χ3n) is 12.3. The van der Waals surface area contributed by atoms with Gasteiger partial charge in [-0.15, -0.1) is 0 Å². The number of sulfonamides is 2. The second kappa shape index (κ2) is 21.0. The molecule has 0 unspecified atom stereocenters. The van der Waals surface area contributed by atoms with E-state index in [4.69, 9.17) is 14.7 Å². The molecule has 6 heterocycles. The van der Waals surface area contributed by atoms with Gasteiger partial charge in [-0.2, -0.15) is 35.0 Å². The molecular formula is C55H46F6N6O5S2. The molecule has 0 radical (unpaired) electrons. The molecule has 4 aromatic heterocycles. The van der Waals surface area contributed by atoms with E-state index in [1.165, 1.54) is 32.9 Å². The van der Waals surface area contributed by atoms with Gasteiger partial charge in [0.2, 0.25) is 20.0 Å². The quantitative estimate of drug-likeness (QED) is 0.123. The average molecular weight is 1050 g/mol. The molecule has 10 rings (SSSR count). The molecule has 0 aliphatic carbocycles. The highest BCUT2D eigenvalue weighted by molar-refractivity contribution is 7.89. The molecule has 0 saturated carbocycles. The van der Waals surface area contributed by atoms with E-state index in [0.29, 0.717) is 113 Å². The summed E-state index contributed by atoms with van der Waals surface area (Å²) in [5, 5.41) is 0. The maximum Gasteiger partial charge on any atom is 0.416 e. The summed E-state index contributed by atoms with van der Waals surface area (Å²) in [6.45, 7) is 6.01. The molecule has 11 nitrogen and oxygen atoms in total. The van der Waals surface area contributed by atoms with E-state index in [9.17, 15) is 43.2 Å². The minimum absolute atomic E-state index is 0.183. The van der Waals surface area contributed by atoms with Crippen LogP contribution in [0.5, 0.6) is 0 Å². The fourth-order valence-corrected chi connectivity index (χ4v) is 11.4. The second-order valence-electron chi connectivity index (χ2n) is 17.6. The number of pyridine rings is 4. The third-order valence-corrected chi connectivity index (χ3v) is 16.1. The van der Waals surface area contributed by atoms with Crippen LogP contribution in [0.3, 0.4) is 0 Å². The molecule has 2 aliphatic rings. The summed E-state index contributed by atoms with van der Waals surface area (Å²) >= 11 is 0. The van der Waals surface area contributed by atoms with Gasteiger partial charge < -0.3 is 4.74 Å². The number of morpholine rings is 1. The molecule has 74 heavy (non-hydrogen) atoms. The summed E-state index contributed by atoms with van der Waals surface area (Å²) in [5.74, 6) is 0. The van der Waals surface area contributed by atoms with Gasteiger partial charge in [0.25, 0.3) is 0 Å². The maximum atomic E-state index is 13.1. The van der Waals surface area contributed by atoms with E-state index in [1.54, 1.807) is 104 Å². The van der Waals surface area contributed by atoms with Gasteiger partial charge in [-0.25, -0.2) is 26.8 Å². The molecular weight excluding hydrogens is 1000 g/mol. The average Bonchev–Trinajstić information content (AvgIpc) is 3.38. The van der Waals surface area contributed by atoms with E-state index in [1.807, 2.05) is 19.1 Å². The number of aromatic nitrogens is 4. The van der Waals surface area contributed by atoms with E-state index in [0.717, 1.165) is 36.2 Å². The molecule has 8 aromatic rings. The summed E-state index contributed by atoms with van der Waals surface area (Å²) in [5.41, 5.74) is 7.37. The predicted molar refractivity (Wildman–Crippen MR) is 269 cm³/mol. The summed E-state index contributed by atoms with van der Waals surface area (Å²) in [7, 11) is -7.19. The minimum Gasteiger partial charge on any atom is -0.379 e. The third kappa shape index (κ3) is 11.6. The Kier molecular flexibility index (Phi) is 14.7. The van der Waals surface area contributed by atoms with Crippen LogP contribution in [-0.2, 0) is 37.1 Å². The van der Waals surface area contributed by atoms with Gasteiger partial charge in [0.15, 0.2) is 0 Å². The first-order valence-corrected chi connectivity index (χ1v) is 26.2. The number of benzene rings is 4. The number of ether oxygens (including phenoxy) is 1.